The van der Waals surface area contributed by atoms with Crippen molar-refractivity contribution in [3.05, 3.63) is 87.6 Å². The highest BCUT2D eigenvalue weighted by Crippen LogP contribution is 2.32. The van der Waals surface area contributed by atoms with Crippen LogP contribution in [0, 0.1) is 0 Å². The molecule has 0 N–H and O–H groups in total. The summed E-state index contributed by atoms with van der Waals surface area (Å²) >= 11 is 4.89. The van der Waals surface area contributed by atoms with Crippen molar-refractivity contribution in [2.45, 2.75) is 13.1 Å². The second-order valence-electron chi connectivity index (χ2n) is 6.83. The zero-order valence-electron chi connectivity index (χ0n) is 16.1. The summed E-state index contributed by atoms with van der Waals surface area (Å²) < 4.78 is 8.50. The molecule has 7 nitrogen and oxygen atoms in total. The number of aromatic nitrogens is 3. The number of hydrogen-bond acceptors (Lipinski definition) is 6. The summed E-state index contributed by atoms with van der Waals surface area (Å²) in [6.07, 6.45) is 1.68. The number of halogens is 1. The minimum Gasteiger partial charge on any atom is -0.408 e. The molecule has 1 amide bonds. The van der Waals surface area contributed by atoms with Crippen LogP contribution in [0.2, 0.25) is 0 Å². The van der Waals surface area contributed by atoms with Gasteiger partial charge in [-0.3, -0.25) is 19.2 Å². The first-order chi connectivity index (χ1) is 15.1. The molecule has 5 rings (SSSR count). The molecule has 154 valence electrons. The molecule has 0 saturated heterocycles. The van der Waals surface area contributed by atoms with Gasteiger partial charge in [0.15, 0.2) is 10.7 Å². The number of thiazole rings is 1. The Morgan fingerprint density at radius 2 is 1.97 bits per heavy atom. The lowest BCUT2D eigenvalue weighted by Crippen LogP contribution is -2.35. The van der Waals surface area contributed by atoms with Crippen molar-refractivity contribution in [1.82, 2.24) is 14.5 Å². The molecule has 0 atom stereocenters. The lowest BCUT2D eigenvalue weighted by atomic mass is 10.3. The molecule has 3 heterocycles. The maximum atomic E-state index is 13.4. The Labute approximate surface area is 188 Å². The van der Waals surface area contributed by atoms with Crippen molar-refractivity contribution in [3.63, 3.8) is 0 Å². The van der Waals surface area contributed by atoms with E-state index in [9.17, 15) is 9.59 Å². The molecular weight excluding hydrogens is 480 g/mol. The molecule has 0 saturated carbocycles. The SMILES string of the molecule is O=C(Cn1c(=O)oc2ccccc21)N(Cc1ccccn1)c1nc2ccc(Br)cc2s1. The fourth-order valence-corrected chi connectivity index (χ4v) is 4.84. The van der Waals surface area contributed by atoms with Gasteiger partial charge in [-0.1, -0.05) is 45.5 Å². The number of carbonyl (C=O) groups is 1. The third kappa shape index (κ3) is 3.89. The van der Waals surface area contributed by atoms with Crippen LogP contribution in [-0.2, 0) is 17.9 Å². The highest BCUT2D eigenvalue weighted by atomic mass is 79.9. The number of rotatable bonds is 5. The summed E-state index contributed by atoms with van der Waals surface area (Å²) in [5, 5.41) is 0.546. The quantitative estimate of drug-likeness (QED) is 0.356. The van der Waals surface area contributed by atoms with E-state index >= 15 is 0 Å². The number of oxazole rings is 1. The molecule has 0 fully saturated rings. The Bertz CT molecular complexity index is 1460. The number of carbonyl (C=O) groups excluding carboxylic acids is 1. The van der Waals surface area contributed by atoms with Gasteiger partial charge in [-0.05, 0) is 42.5 Å². The van der Waals surface area contributed by atoms with Crippen LogP contribution in [0.3, 0.4) is 0 Å². The zero-order valence-corrected chi connectivity index (χ0v) is 18.5. The van der Waals surface area contributed by atoms with Gasteiger partial charge in [0.05, 0.1) is 28.0 Å². The molecule has 0 spiro atoms. The molecule has 2 aromatic carbocycles. The average Bonchev–Trinajstić information content (AvgIpc) is 3.33. The van der Waals surface area contributed by atoms with Gasteiger partial charge in [-0.2, -0.15) is 0 Å². The van der Waals surface area contributed by atoms with Crippen LogP contribution in [0.15, 0.2) is 80.5 Å². The maximum absolute atomic E-state index is 13.4. The van der Waals surface area contributed by atoms with Crippen LogP contribution < -0.4 is 10.7 Å². The number of nitrogens with zero attached hydrogens (tertiary/aromatic N) is 4. The van der Waals surface area contributed by atoms with Gasteiger partial charge >= 0.3 is 5.76 Å². The first-order valence-electron chi connectivity index (χ1n) is 9.43. The number of benzene rings is 2. The molecular formula is C22H15BrN4O3S. The predicted octanol–water partition coefficient (Wildman–Crippen LogP) is 4.60. The van der Waals surface area contributed by atoms with Gasteiger partial charge in [-0.15, -0.1) is 0 Å². The zero-order chi connectivity index (χ0) is 21.4. The Kier molecular flexibility index (Phi) is 5.13. The Balaban J connectivity index is 1.54. The second-order valence-corrected chi connectivity index (χ2v) is 8.76. The highest BCUT2D eigenvalue weighted by molar-refractivity contribution is 9.10. The number of para-hydroxylation sites is 2. The van der Waals surface area contributed by atoms with Gasteiger partial charge in [0.2, 0.25) is 5.91 Å². The fourth-order valence-electron chi connectivity index (χ4n) is 3.30. The molecule has 5 aromatic rings. The van der Waals surface area contributed by atoms with E-state index in [1.54, 1.807) is 35.4 Å². The van der Waals surface area contributed by atoms with Crippen LogP contribution in [0.4, 0.5) is 5.13 Å². The Hall–Kier alpha value is -3.30. The smallest absolute Gasteiger partial charge is 0.408 e. The van der Waals surface area contributed by atoms with Crippen LogP contribution in [0.25, 0.3) is 21.3 Å². The van der Waals surface area contributed by atoms with Gasteiger partial charge < -0.3 is 4.42 Å². The van der Waals surface area contributed by atoms with Crippen LogP contribution in [-0.4, -0.2) is 20.4 Å². The predicted molar refractivity (Wildman–Crippen MR) is 123 cm³/mol. The molecule has 0 aliphatic rings. The Morgan fingerprint density at radius 3 is 2.81 bits per heavy atom. The number of hydrogen-bond donors (Lipinski definition) is 0. The fraction of sp³-hybridized carbons (Fsp3) is 0.0909. The number of amides is 1. The number of pyridine rings is 1. The molecule has 0 radical (unpaired) electrons. The van der Waals surface area contributed by atoms with Gasteiger partial charge in [0.1, 0.15) is 6.54 Å². The third-order valence-corrected chi connectivity index (χ3v) is 6.32. The van der Waals surface area contributed by atoms with Crippen molar-refractivity contribution in [2.24, 2.45) is 0 Å². The number of anilines is 1. The van der Waals surface area contributed by atoms with Gasteiger partial charge in [0, 0.05) is 10.7 Å². The third-order valence-electron chi connectivity index (χ3n) is 4.78. The lowest BCUT2D eigenvalue weighted by molar-refractivity contribution is -0.119. The maximum Gasteiger partial charge on any atom is 0.420 e. The molecule has 0 unspecified atom stereocenters. The first-order valence-corrected chi connectivity index (χ1v) is 11.0. The molecule has 0 aliphatic heterocycles. The van der Waals surface area contributed by atoms with Crippen molar-refractivity contribution < 1.29 is 9.21 Å². The van der Waals surface area contributed by atoms with Crippen molar-refractivity contribution >= 4 is 59.6 Å². The standard InChI is InChI=1S/C22H15BrN4O3S/c23-14-8-9-16-19(11-14)31-21(25-16)27(12-15-5-3-4-10-24-15)20(28)13-26-17-6-1-2-7-18(17)30-22(26)29/h1-11H,12-13H2. The van der Waals surface area contributed by atoms with Crippen molar-refractivity contribution in [1.29, 1.82) is 0 Å². The van der Waals surface area contributed by atoms with E-state index in [0.29, 0.717) is 16.2 Å². The molecule has 3 aromatic heterocycles. The van der Waals surface area contributed by atoms with E-state index in [2.05, 4.69) is 25.9 Å². The number of fused-ring (bicyclic) bond motifs is 2. The van der Waals surface area contributed by atoms with Crippen LogP contribution in [0.1, 0.15) is 5.69 Å². The summed E-state index contributed by atoms with van der Waals surface area (Å²) in [6, 6.07) is 18.4. The minimum absolute atomic E-state index is 0.164. The monoisotopic (exact) mass is 494 g/mol. The molecule has 31 heavy (non-hydrogen) atoms. The van der Waals surface area contributed by atoms with Crippen LogP contribution >= 0.6 is 27.3 Å². The van der Waals surface area contributed by atoms with Crippen LogP contribution in [0.5, 0.6) is 0 Å². The van der Waals surface area contributed by atoms with E-state index in [-0.39, 0.29) is 19.0 Å². The normalized spacial score (nSPS) is 11.3. The average molecular weight is 495 g/mol. The van der Waals surface area contributed by atoms with E-state index in [1.807, 2.05) is 36.4 Å². The topological polar surface area (TPSA) is 81.2 Å². The van der Waals surface area contributed by atoms with E-state index in [0.717, 1.165) is 20.4 Å². The molecule has 0 aliphatic carbocycles. The van der Waals surface area contributed by atoms with Crippen molar-refractivity contribution in [3.8, 4) is 0 Å². The summed E-state index contributed by atoms with van der Waals surface area (Å²) in [5.74, 6) is -0.849. The van der Waals surface area contributed by atoms with Gasteiger partial charge in [0.25, 0.3) is 0 Å². The van der Waals surface area contributed by atoms with E-state index in [4.69, 9.17) is 4.42 Å². The second kappa shape index (κ2) is 8.09. The summed E-state index contributed by atoms with van der Waals surface area (Å²) in [6.45, 7) is 0.0769. The van der Waals surface area contributed by atoms with E-state index in [1.165, 1.54) is 15.9 Å². The van der Waals surface area contributed by atoms with Crippen molar-refractivity contribution in [2.75, 3.05) is 4.90 Å². The lowest BCUT2D eigenvalue weighted by Gasteiger charge is -2.19. The molecule has 9 heteroatoms. The summed E-state index contributed by atoms with van der Waals surface area (Å²) in [4.78, 5) is 36.3. The summed E-state index contributed by atoms with van der Waals surface area (Å²) in [7, 11) is 0. The Morgan fingerprint density at radius 1 is 1.13 bits per heavy atom. The summed E-state index contributed by atoms with van der Waals surface area (Å²) in [5.41, 5.74) is 2.54. The molecule has 0 bridgehead atoms. The highest BCUT2D eigenvalue weighted by Gasteiger charge is 2.23. The van der Waals surface area contributed by atoms with Gasteiger partial charge in [-0.25, -0.2) is 9.78 Å². The van der Waals surface area contributed by atoms with E-state index < -0.39 is 5.76 Å². The largest absolute Gasteiger partial charge is 0.420 e. The minimum atomic E-state index is -0.569. The first kappa shape index (κ1) is 19.7.